The zero-order valence-electron chi connectivity index (χ0n) is 13.8. The van der Waals surface area contributed by atoms with Crippen LogP contribution < -0.4 is 14.2 Å². The van der Waals surface area contributed by atoms with Gasteiger partial charge in [0.15, 0.2) is 11.5 Å². The number of rotatable bonds is 6. The van der Waals surface area contributed by atoms with Gasteiger partial charge < -0.3 is 14.2 Å². The molecule has 0 heterocycles. The number of carbonyl (C=O) groups excluding carboxylic acids is 1. The minimum absolute atomic E-state index is 0.487. The smallest absolute Gasteiger partial charge is 0.365 e. The number of hydrogen-bond donors (Lipinski definition) is 0. The van der Waals surface area contributed by atoms with E-state index in [9.17, 15) is 4.79 Å². The lowest BCUT2D eigenvalue weighted by Crippen LogP contribution is -2.21. The number of ether oxygens (including phenoxy) is 3. The highest BCUT2D eigenvalue weighted by molar-refractivity contribution is 5.87. The summed E-state index contributed by atoms with van der Waals surface area (Å²) in [5, 5.41) is 0. The van der Waals surface area contributed by atoms with Crippen LogP contribution in [0, 0.1) is 0 Å². The van der Waals surface area contributed by atoms with E-state index in [4.69, 9.17) is 19.1 Å². The van der Waals surface area contributed by atoms with E-state index in [-0.39, 0.29) is 0 Å². The number of hydrogen-bond acceptors (Lipinski definition) is 6. The van der Waals surface area contributed by atoms with Crippen LogP contribution >= 0.6 is 0 Å². The maximum absolute atomic E-state index is 11.6. The Hall–Kier alpha value is -2.21. The molecule has 6 nitrogen and oxygen atoms in total. The summed E-state index contributed by atoms with van der Waals surface area (Å²) in [6, 6.07) is 3.44. The topological polar surface area (TPSA) is 63.2 Å². The van der Waals surface area contributed by atoms with Gasteiger partial charge in [-0.3, -0.25) is 4.89 Å². The predicted octanol–water partition coefficient (Wildman–Crippen LogP) is 3.00. The Labute approximate surface area is 130 Å². The molecule has 1 aromatic carbocycles. The van der Waals surface area contributed by atoms with Crippen molar-refractivity contribution >= 4 is 12.0 Å². The van der Waals surface area contributed by atoms with Gasteiger partial charge in [-0.05, 0) is 44.5 Å². The zero-order valence-corrected chi connectivity index (χ0v) is 13.8. The van der Waals surface area contributed by atoms with Crippen molar-refractivity contribution in [1.29, 1.82) is 0 Å². The second-order valence-electron chi connectivity index (χ2n) is 5.39. The van der Waals surface area contributed by atoms with E-state index in [0.29, 0.717) is 22.8 Å². The summed E-state index contributed by atoms with van der Waals surface area (Å²) in [6.45, 7) is 5.34. The van der Waals surface area contributed by atoms with Gasteiger partial charge in [-0.1, -0.05) is 0 Å². The third-order valence-corrected chi connectivity index (χ3v) is 2.47. The fourth-order valence-electron chi connectivity index (χ4n) is 1.56. The summed E-state index contributed by atoms with van der Waals surface area (Å²) in [5.41, 5.74) is 0.137. The fourth-order valence-corrected chi connectivity index (χ4v) is 1.56. The Morgan fingerprint density at radius 1 is 1.00 bits per heavy atom. The molecule has 0 amide bonds. The van der Waals surface area contributed by atoms with Gasteiger partial charge in [0.25, 0.3) is 0 Å². The summed E-state index contributed by atoms with van der Waals surface area (Å²) in [4.78, 5) is 21.2. The van der Waals surface area contributed by atoms with Gasteiger partial charge in [0.1, 0.15) is 5.60 Å². The first kappa shape index (κ1) is 17.8. The molecule has 0 spiro atoms. The van der Waals surface area contributed by atoms with Crippen LogP contribution in [0.15, 0.2) is 18.2 Å². The molecule has 1 rings (SSSR count). The Morgan fingerprint density at radius 3 is 1.95 bits per heavy atom. The first-order valence-corrected chi connectivity index (χ1v) is 6.68. The van der Waals surface area contributed by atoms with Crippen molar-refractivity contribution in [3.05, 3.63) is 23.8 Å². The minimum Gasteiger partial charge on any atom is -0.493 e. The molecule has 0 radical (unpaired) electrons. The third-order valence-electron chi connectivity index (χ3n) is 2.47. The van der Waals surface area contributed by atoms with E-state index in [1.54, 1.807) is 39.0 Å². The van der Waals surface area contributed by atoms with Gasteiger partial charge in [-0.15, -0.1) is 0 Å². The van der Waals surface area contributed by atoms with Gasteiger partial charge in [-0.25, -0.2) is 4.79 Å². The largest absolute Gasteiger partial charge is 0.493 e. The highest BCUT2D eigenvalue weighted by Gasteiger charge is 2.15. The molecule has 0 N–H and O–H groups in total. The van der Waals surface area contributed by atoms with Crippen LogP contribution in [0.3, 0.4) is 0 Å². The molecule has 0 bridgehead atoms. The lowest BCUT2D eigenvalue weighted by Gasteiger charge is -2.15. The normalized spacial score (nSPS) is 11.4. The average Bonchev–Trinajstić information content (AvgIpc) is 2.48. The van der Waals surface area contributed by atoms with Crippen molar-refractivity contribution in [1.82, 2.24) is 0 Å². The molecule has 122 valence electrons. The fraction of sp³-hybridized carbons (Fsp3) is 0.438. The summed E-state index contributed by atoms with van der Waals surface area (Å²) in [5.74, 6) is 0.881. The van der Waals surface area contributed by atoms with Crippen molar-refractivity contribution in [2.45, 2.75) is 26.4 Å². The van der Waals surface area contributed by atoms with Crippen molar-refractivity contribution in [3.63, 3.8) is 0 Å². The van der Waals surface area contributed by atoms with Crippen LogP contribution in [0.1, 0.15) is 26.3 Å². The minimum atomic E-state index is -0.608. The highest BCUT2D eigenvalue weighted by Crippen LogP contribution is 2.38. The summed E-state index contributed by atoms with van der Waals surface area (Å²) in [7, 11) is 4.57. The van der Waals surface area contributed by atoms with Gasteiger partial charge >= 0.3 is 5.97 Å². The molecular formula is C16H22O6. The second kappa shape index (κ2) is 7.70. The van der Waals surface area contributed by atoms with Crippen LogP contribution in [-0.2, 0) is 14.6 Å². The average molecular weight is 310 g/mol. The van der Waals surface area contributed by atoms with E-state index >= 15 is 0 Å². The summed E-state index contributed by atoms with van der Waals surface area (Å²) >= 11 is 0. The first-order valence-electron chi connectivity index (χ1n) is 6.68. The molecule has 6 heteroatoms. The Balaban J connectivity index is 2.89. The number of carbonyl (C=O) groups is 1. The first-order chi connectivity index (χ1) is 10.3. The van der Waals surface area contributed by atoms with Crippen LogP contribution in [0.4, 0.5) is 0 Å². The van der Waals surface area contributed by atoms with Crippen molar-refractivity contribution in [3.8, 4) is 17.2 Å². The molecule has 0 aliphatic rings. The molecule has 0 atom stereocenters. The van der Waals surface area contributed by atoms with E-state index in [2.05, 4.69) is 4.89 Å². The number of methoxy groups -OCH3 is 3. The summed E-state index contributed by atoms with van der Waals surface area (Å²) < 4.78 is 15.7. The van der Waals surface area contributed by atoms with Crippen LogP contribution in [0.2, 0.25) is 0 Å². The Bertz CT molecular complexity index is 517. The van der Waals surface area contributed by atoms with Gasteiger partial charge in [0, 0.05) is 6.08 Å². The monoisotopic (exact) mass is 310 g/mol. The Morgan fingerprint density at radius 2 is 1.55 bits per heavy atom. The molecule has 22 heavy (non-hydrogen) atoms. The molecule has 0 aromatic heterocycles. The van der Waals surface area contributed by atoms with E-state index in [1.165, 1.54) is 27.4 Å². The summed E-state index contributed by atoms with van der Waals surface area (Å²) in [6.07, 6.45) is 2.82. The van der Waals surface area contributed by atoms with Crippen LogP contribution in [0.5, 0.6) is 17.2 Å². The standard InChI is InChI=1S/C16H22O6/c1-16(2,3)22-21-14(17)8-7-11-9-12(18-4)15(20-6)13(10-11)19-5/h7-10H,1-6H3/b8-7+. The molecule has 0 fully saturated rings. The van der Waals surface area contributed by atoms with E-state index in [0.717, 1.165) is 0 Å². The lowest BCUT2D eigenvalue weighted by molar-refractivity contribution is -0.316. The lowest BCUT2D eigenvalue weighted by atomic mass is 10.1. The molecular weight excluding hydrogens is 288 g/mol. The van der Waals surface area contributed by atoms with Crippen molar-refractivity contribution in [2.24, 2.45) is 0 Å². The molecule has 0 saturated carbocycles. The Kier molecular flexibility index (Phi) is 6.24. The van der Waals surface area contributed by atoms with E-state index < -0.39 is 11.6 Å². The quantitative estimate of drug-likeness (QED) is 0.457. The zero-order chi connectivity index (χ0) is 16.8. The number of benzene rings is 1. The predicted molar refractivity (Wildman–Crippen MR) is 82.1 cm³/mol. The van der Waals surface area contributed by atoms with Gasteiger partial charge in [0.2, 0.25) is 5.75 Å². The SMILES string of the molecule is COc1cc(/C=C/C(=O)OOC(C)(C)C)cc(OC)c1OC. The molecule has 0 aliphatic carbocycles. The highest BCUT2D eigenvalue weighted by atomic mass is 17.2. The molecule has 0 unspecified atom stereocenters. The van der Waals surface area contributed by atoms with Crippen LogP contribution in [0.25, 0.3) is 6.08 Å². The van der Waals surface area contributed by atoms with Crippen molar-refractivity contribution < 1.29 is 28.8 Å². The second-order valence-corrected chi connectivity index (χ2v) is 5.39. The van der Waals surface area contributed by atoms with Crippen molar-refractivity contribution in [2.75, 3.05) is 21.3 Å². The van der Waals surface area contributed by atoms with E-state index in [1.807, 2.05) is 0 Å². The van der Waals surface area contributed by atoms with Crippen LogP contribution in [-0.4, -0.2) is 32.9 Å². The molecule has 0 aliphatic heterocycles. The third kappa shape index (κ3) is 5.29. The van der Waals surface area contributed by atoms with Gasteiger partial charge in [-0.2, -0.15) is 4.89 Å². The van der Waals surface area contributed by atoms with Gasteiger partial charge in [0.05, 0.1) is 21.3 Å². The maximum Gasteiger partial charge on any atom is 0.365 e. The molecule has 0 saturated heterocycles. The molecule has 1 aromatic rings. The maximum atomic E-state index is 11.6.